The fourth-order valence-corrected chi connectivity index (χ4v) is 1.37. The summed E-state index contributed by atoms with van der Waals surface area (Å²) >= 11 is 0. The standard InChI is InChI=1S/C11H20O/c1-5-8-11(12,9-6-2)10(4)7-3/h5-6,10,12H,1-2,7-9H2,3-4H3. The van der Waals surface area contributed by atoms with E-state index in [0.29, 0.717) is 18.8 Å². The van der Waals surface area contributed by atoms with Crippen molar-refractivity contribution in [2.45, 2.75) is 38.7 Å². The van der Waals surface area contributed by atoms with Gasteiger partial charge in [-0.15, -0.1) is 13.2 Å². The van der Waals surface area contributed by atoms with Crippen LogP contribution in [0.15, 0.2) is 25.3 Å². The van der Waals surface area contributed by atoms with Gasteiger partial charge in [0, 0.05) is 0 Å². The van der Waals surface area contributed by atoms with E-state index < -0.39 is 5.60 Å². The average molecular weight is 168 g/mol. The molecule has 12 heavy (non-hydrogen) atoms. The van der Waals surface area contributed by atoms with Crippen molar-refractivity contribution in [2.24, 2.45) is 5.92 Å². The fourth-order valence-electron chi connectivity index (χ4n) is 1.37. The Morgan fingerprint density at radius 2 is 1.75 bits per heavy atom. The number of hydrogen-bond donors (Lipinski definition) is 1. The minimum absolute atomic E-state index is 0.300. The minimum Gasteiger partial charge on any atom is -0.389 e. The van der Waals surface area contributed by atoms with E-state index in [1.165, 1.54) is 0 Å². The molecular weight excluding hydrogens is 148 g/mol. The summed E-state index contributed by atoms with van der Waals surface area (Å²) in [6, 6.07) is 0. The van der Waals surface area contributed by atoms with Crippen molar-refractivity contribution >= 4 is 0 Å². The molecule has 0 spiro atoms. The normalized spacial score (nSPS) is 13.9. The Morgan fingerprint density at radius 3 is 2.00 bits per heavy atom. The highest BCUT2D eigenvalue weighted by Crippen LogP contribution is 2.28. The molecule has 0 aliphatic heterocycles. The Hall–Kier alpha value is -0.560. The van der Waals surface area contributed by atoms with Crippen LogP contribution in [-0.4, -0.2) is 10.7 Å². The largest absolute Gasteiger partial charge is 0.389 e. The topological polar surface area (TPSA) is 20.2 Å². The highest BCUT2D eigenvalue weighted by molar-refractivity contribution is 4.94. The van der Waals surface area contributed by atoms with E-state index in [1.807, 2.05) is 0 Å². The van der Waals surface area contributed by atoms with Crippen LogP contribution in [0.2, 0.25) is 0 Å². The molecule has 0 aromatic rings. The first-order valence-electron chi connectivity index (χ1n) is 4.55. The zero-order valence-electron chi connectivity index (χ0n) is 8.21. The van der Waals surface area contributed by atoms with Gasteiger partial charge in [0.2, 0.25) is 0 Å². The van der Waals surface area contributed by atoms with E-state index in [9.17, 15) is 5.11 Å². The molecule has 0 rings (SSSR count). The molecule has 1 heteroatoms. The van der Waals surface area contributed by atoms with Gasteiger partial charge in [-0.25, -0.2) is 0 Å². The second kappa shape index (κ2) is 5.15. The van der Waals surface area contributed by atoms with E-state index in [2.05, 4.69) is 27.0 Å². The van der Waals surface area contributed by atoms with E-state index >= 15 is 0 Å². The van der Waals surface area contributed by atoms with Crippen LogP contribution >= 0.6 is 0 Å². The lowest BCUT2D eigenvalue weighted by atomic mass is 9.81. The second-order valence-electron chi connectivity index (χ2n) is 3.40. The first kappa shape index (κ1) is 11.4. The highest BCUT2D eigenvalue weighted by atomic mass is 16.3. The maximum Gasteiger partial charge on any atom is 0.0741 e. The molecule has 1 atom stereocenters. The Bertz CT molecular complexity index is 139. The Kier molecular flexibility index (Phi) is 4.91. The van der Waals surface area contributed by atoms with Gasteiger partial charge in [-0.1, -0.05) is 32.4 Å². The van der Waals surface area contributed by atoms with Crippen molar-refractivity contribution in [1.82, 2.24) is 0 Å². The first-order chi connectivity index (χ1) is 5.60. The first-order valence-corrected chi connectivity index (χ1v) is 4.55. The maximum absolute atomic E-state index is 10.1. The Labute approximate surface area is 75.8 Å². The summed E-state index contributed by atoms with van der Waals surface area (Å²) in [5, 5.41) is 10.1. The van der Waals surface area contributed by atoms with Gasteiger partial charge in [-0.3, -0.25) is 0 Å². The van der Waals surface area contributed by atoms with E-state index in [0.717, 1.165) is 6.42 Å². The lowest BCUT2D eigenvalue weighted by molar-refractivity contribution is -0.00773. The highest BCUT2D eigenvalue weighted by Gasteiger charge is 2.29. The second-order valence-corrected chi connectivity index (χ2v) is 3.40. The van der Waals surface area contributed by atoms with Crippen molar-refractivity contribution in [1.29, 1.82) is 0 Å². The monoisotopic (exact) mass is 168 g/mol. The molecule has 0 aliphatic rings. The number of aliphatic hydroxyl groups is 1. The van der Waals surface area contributed by atoms with Crippen LogP contribution in [-0.2, 0) is 0 Å². The summed E-state index contributed by atoms with van der Waals surface area (Å²) in [7, 11) is 0. The van der Waals surface area contributed by atoms with Crippen LogP contribution in [0.3, 0.4) is 0 Å². The molecule has 1 N–H and O–H groups in total. The van der Waals surface area contributed by atoms with Crippen LogP contribution in [0.1, 0.15) is 33.1 Å². The molecular formula is C11H20O. The average Bonchev–Trinajstić information content (AvgIpc) is 2.04. The molecule has 70 valence electrons. The van der Waals surface area contributed by atoms with Gasteiger partial charge in [0.05, 0.1) is 5.60 Å². The molecule has 0 aromatic heterocycles. The molecule has 0 amide bonds. The number of rotatable bonds is 6. The SMILES string of the molecule is C=CCC(O)(CC=C)C(C)CC. The van der Waals surface area contributed by atoms with Gasteiger partial charge in [0.1, 0.15) is 0 Å². The van der Waals surface area contributed by atoms with E-state index in [-0.39, 0.29) is 0 Å². The molecule has 0 saturated carbocycles. The van der Waals surface area contributed by atoms with Crippen molar-refractivity contribution in [2.75, 3.05) is 0 Å². The molecule has 0 saturated heterocycles. The molecule has 0 fully saturated rings. The van der Waals surface area contributed by atoms with E-state index in [4.69, 9.17) is 0 Å². The van der Waals surface area contributed by atoms with E-state index in [1.54, 1.807) is 12.2 Å². The summed E-state index contributed by atoms with van der Waals surface area (Å²) < 4.78 is 0. The zero-order chi connectivity index (χ0) is 9.61. The lowest BCUT2D eigenvalue weighted by Crippen LogP contribution is -2.34. The van der Waals surface area contributed by atoms with Crippen molar-refractivity contribution in [3.05, 3.63) is 25.3 Å². The summed E-state index contributed by atoms with van der Waals surface area (Å²) in [5.74, 6) is 0.300. The van der Waals surface area contributed by atoms with Gasteiger partial charge in [0.15, 0.2) is 0 Å². The molecule has 0 heterocycles. The maximum atomic E-state index is 10.1. The molecule has 1 unspecified atom stereocenters. The Morgan fingerprint density at radius 1 is 1.33 bits per heavy atom. The van der Waals surface area contributed by atoms with Crippen molar-refractivity contribution in [3.8, 4) is 0 Å². The quantitative estimate of drug-likeness (QED) is 0.605. The van der Waals surface area contributed by atoms with Gasteiger partial charge in [-0.05, 0) is 18.8 Å². The molecule has 0 aliphatic carbocycles. The molecule has 0 aromatic carbocycles. The molecule has 0 radical (unpaired) electrons. The summed E-state index contributed by atoms with van der Waals surface area (Å²) in [5.41, 5.74) is -0.627. The minimum atomic E-state index is -0.627. The van der Waals surface area contributed by atoms with Gasteiger partial charge >= 0.3 is 0 Å². The third-order valence-electron chi connectivity index (χ3n) is 2.53. The summed E-state index contributed by atoms with van der Waals surface area (Å²) in [6.07, 6.45) is 5.82. The summed E-state index contributed by atoms with van der Waals surface area (Å²) in [4.78, 5) is 0. The van der Waals surface area contributed by atoms with Crippen molar-refractivity contribution < 1.29 is 5.11 Å². The number of hydrogen-bond acceptors (Lipinski definition) is 1. The van der Waals surface area contributed by atoms with Gasteiger partial charge in [0.25, 0.3) is 0 Å². The molecule has 1 nitrogen and oxygen atoms in total. The fraction of sp³-hybridized carbons (Fsp3) is 0.636. The zero-order valence-corrected chi connectivity index (χ0v) is 8.21. The van der Waals surface area contributed by atoms with Crippen LogP contribution < -0.4 is 0 Å². The van der Waals surface area contributed by atoms with Crippen LogP contribution in [0.4, 0.5) is 0 Å². The predicted octanol–water partition coefficient (Wildman–Crippen LogP) is 2.92. The summed E-state index contributed by atoms with van der Waals surface area (Å²) in [6.45, 7) is 11.4. The molecule has 0 bridgehead atoms. The van der Waals surface area contributed by atoms with Gasteiger partial charge in [-0.2, -0.15) is 0 Å². The smallest absolute Gasteiger partial charge is 0.0741 e. The van der Waals surface area contributed by atoms with Gasteiger partial charge < -0.3 is 5.11 Å². The van der Waals surface area contributed by atoms with Crippen LogP contribution in [0.5, 0.6) is 0 Å². The van der Waals surface area contributed by atoms with Crippen molar-refractivity contribution in [3.63, 3.8) is 0 Å². The lowest BCUT2D eigenvalue weighted by Gasteiger charge is -2.31. The Balaban J connectivity index is 4.34. The third kappa shape index (κ3) is 2.82. The van der Waals surface area contributed by atoms with Crippen LogP contribution in [0.25, 0.3) is 0 Å². The third-order valence-corrected chi connectivity index (χ3v) is 2.53. The van der Waals surface area contributed by atoms with Crippen LogP contribution in [0, 0.1) is 5.92 Å². The predicted molar refractivity (Wildman–Crippen MR) is 54.0 cm³/mol.